The molecule has 2 aromatic carbocycles. The summed E-state index contributed by atoms with van der Waals surface area (Å²) in [4.78, 5) is 156. The highest BCUT2D eigenvalue weighted by Crippen LogP contribution is 2.31. The molecule has 534 valence electrons. The van der Waals surface area contributed by atoms with Crippen molar-refractivity contribution in [3.8, 4) is 0 Å². The Labute approximate surface area is 564 Å². The van der Waals surface area contributed by atoms with E-state index in [9.17, 15) is 57.8 Å². The number of hydrogen-bond acceptors (Lipinski definition) is 17. The zero-order chi connectivity index (χ0) is 72.1. The van der Waals surface area contributed by atoms with Gasteiger partial charge in [0.2, 0.25) is 35.4 Å². The zero-order valence-corrected chi connectivity index (χ0v) is 58.7. The normalized spacial score (nSPS) is 16.7. The molecule has 28 heteroatoms. The third-order valence-corrected chi connectivity index (χ3v) is 17.9. The van der Waals surface area contributed by atoms with Crippen molar-refractivity contribution in [2.75, 3.05) is 55.1 Å². The maximum atomic E-state index is 14.8. The number of amides is 9. The Bertz CT molecular complexity index is 2950. The Morgan fingerprint density at radius 2 is 1.39 bits per heavy atom. The number of rotatable bonds is 41. The van der Waals surface area contributed by atoms with Crippen LogP contribution >= 0.6 is 0 Å². The minimum Gasteiger partial charge on any atom is -0.469 e. The van der Waals surface area contributed by atoms with Crippen molar-refractivity contribution in [2.24, 2.45) is 46.4 Å². The van der Waals surface area contributed by atoms with Gasteiger partial charge in [0.05, 0.1) is 68.0 Å². The van der Waals surface area contributed by atoms with Crippen LogP contribution in [0.4, 0.5) is 9.59 Å². The Hall–Kier alpha value is -8.20. The molecule has 0 saturated carbocycles. The third kappa shape index (κ3) is 25.1. The molecule has 13 atom stereocenters. The first-order valence-corrected chi connectivity index (χ1v) is 33.1. The lowest BCUT2D eigenvalue weighted by Crippen LogP contribution is -2.60. The maximum absolute atomic E-state index is 14.8. The topological polar surface area (TPSA) is 390 Å². The highest BCUT2D eigenvalue weighted by Gasteiger charge is 2.44. The molecule has 0 aromatic heterocycles. The van der Waals surface area contributed by atoms with Gasteiger partial charge in [0, 0.05) is 71.5 Å². The molecular weight excluding hydrogens is 1240 g/mol. The third-order valence-electron chi connectivity index (χ3n) is 17.9. The number of ketones is 2. The number of nitrogens with two attached hydrogens (primary N) is 1. The number of likely N-dealkylation sites (N-methyl/N-ethyl adjacent to an activating group) is 2. The van der Waals surface area contributed by atoms with Crippen molar-refractivity contribution < 1.29 is 76.8 Å². The second-order valence-corrected chi connectivity index (χ2v) is 25.9. The second kappa shape index (κ2) is 41.0. The van der Waals surface area contributed by atoms with Gasteiger partial charge in [-0.1, -0.05) is 128 Å². The Kier molecular flexibility index (Phi) is 35.1. The average Bonchev–Trinajstić information content (AvgIpc) is 1.88. The minimum absolute atomic E-state index is 0.0768. The molecule has 28 nitrogen and oxygen atoms in total. The van der Waals surface area contributed by atoms with E-state index in [0.717, 1.165) is 0 Å². The quantitative estimate of drug-likeness (QED) is 0.0140. The van der Waals surface area contributed by atoms with Crippen LogP contribution in [0.5, 0.6) is 0 Å². The van der Waals surface area contributed by atoms with Gasteiger partial charge >= 0.3 is 18.1 Å². The van der Waals surface area contributed by atoms with Crippen LogP contribution in [0, 0.1) is 35.5 Å². The summed E-state index contributed by atoms with van der Waals surface area (Å²) in [5.41, 5.74) is 15.6. The van der Waals surface area contributed by atoms with Gasteiger partial charge in [0.15, 0.2) is 11.6 Å². The van der Waals surface area contributed by atoms with E-state index in [4.69, 9.17) is 25.5 Å². The molecule has 1 aliphatic heterocycles. The number of urea groups is 1. The number of aliphatic hydroxyl groups excluding tert-OH is 1. The standard InChI is InChI=1S/C68H106N12O16/c1-16-42(8)60(54(93-13)36-56(84)80-33-21-25-51(80)62(95-15)43(9)63(87)73-44(10)61(86)47-22-18-17-19-23-47)78(11)66(90)58(40(4)5)76-65(89)59(41(6)7)79(12)68(92)96-38-46-28-26-45(27-29-46)34-52(81)49(24-20-32-71-67(69)91)75-64(88)48(39(2)3)35-53(82)50(30-31-57(85)94-14)74-55(83)37-72-77-70/h17-19,22-23,26-29,39-44,48-51,54,58-62,86H,16,20-21,24-25,30-38H2,1-15H3,(H,73,87)(H,74,83)(H,75,88)(H,76,89)(H3,69,71,91)/t42-,43+,44+,48-,49-,50-,51-,54+,58-,59-,60-,61+,62+/m0/s1. The number of ether oxygens (including phenoxy) is 4. The number of carbonyl (C=O) groups excluding carboxylic acids is 11. The second-order valence-electron chi connectivity index (χ2n) is 25.9. The first-order valence-electron chi connectivity index (χ1n) is 33.1. The van der Waals surface area contributed by atoms with Crippen molar-refractivity contribution in [1.82, 2.24) is 41.3 Å². The van der Waals surface area contributed by atoms with Gasteiger partial charge in [-0.3, -0.25) is 48.1 Å². The zero-order valence-electron chi connectivity index (χ0n) is 58.7. The fourth-order valence-electron chi connectivity index (χ4n) is 12.1. The van der Waals surface area contributed by atoms with Crippen molar-refractivity contribution in [1.29, 1.82) is 0 Å². The molecule has 0 bridgehead atoms. The van der Waals surface area contributed by atoms with E-state index in [1.165, 1.54) is 33.3 Å². The number of benzene rings is 2. The van der Waals surface area contributed by atoms with Gasteiger partial charge in [-0.25, -0.2) is 9.59 Å². The Morgan fingerprint density at radius 1 is 0.750 bits per heavy atom. The molecule has 2 aromatic rings. The molecule has 96 heavy (non-hydrogen) atoms. The van der Waals surface area contributed by atoms with Gasteiger partial charge in [-0.2, -0.15) is 0 Å². The lowest BCUT2D eigenvalue weighted by Gasteiger charge is -2.41. The molecule has 9 amide bonds. The first-order chi connectivity index (χ1) is 45.4. The first kappa shape index (κ1) is 82.0. The van der Waals surface area contributed by atoms with E-state index in [1.54, 1.807) is 109 Å². The maximum Gasteiger partial charge on any atom is 0.410 e. The van der Waals surface area contributed by atoms with Crippen LogP contribution in [-0.4, -0.2) is 194 Å². The van der Waals surface area contributed by atoms with Crippen molar-refractivity contribution >= 4 is 65.1 Å². The van der Waals surface area contributed by atoms with Crippen LogP contribution in [0.25, 0.3) is 10.4 Å². The number of esters is 1. The summed E-state index contributed by atoms with van der Waals surface area (Å²) >= 11 is 0. The Balaban J connectivity index is 1.73. The lowest BCUT2D eigenvalue weighted by atomic mass is 9.86. The molecule has 8 N–H and O–H groups in total. The number of azide groups is 1. The van der Waals surface area contributed by atoms with Crippen LogP contribution in [-0.2, 0) is 75.1 Å². The predicted molar refractivity (Wildman–Crippen MR) is 358 cm³/mol. The van der Waals surface area contributed by atoms with Crippen molar-refractivity contribution in [2.45, 2.75) is 201 Å². The SMILES string of the molecule is CC[C@H](C)[C@@H]([C@@H](CC(=O)N1CCC[C@H]1[C@H](OC)[C@@H](C)C(=O)N[C@H](C)[C@@H](O)c1ccccc1)OC)N(C)C(=O)[C@@H](NC(=O)[C@H](C(C)C)N(C)C(=O)OCc1ccc(CC(=O)[C@H](CCCNC(N)=O)NC(=O)[C@@H](CC(=O)[C@H](CCC(=O)OC)NC(=O)CN=[N+]=[N-])C(C)C)cc1)C(C)C. The van der Waals surface area contributed by atoms with E-state index in [-0.39, 0.29) is 75.8 Å². The molecule has 1 saturated heterocycles. The number of Topliss-reactive ketones (excluding diaryl/α,β-unsaturated/α-hetero) is 2. The highest BCUT2D eigenvalue weighted by atomic mass is 16.6. The molecule has 0 radical (unpaired) electrons. The molecule has 1 aliphatic rings. The Morgan fingerprint density at radius 3 is 1.95 bits per heavy atom. The van der Waals surface area contributed by atoms with E-state index >= 15 is 0 Å². The molecule has 0 unspecified atom stereocenters. The fraction of sp³-hybridized carbons (Fsp3) is 0.662. The van der Waals surface area contributed by atoms with Gasteiger partial charge < -0.3 is 66.2 Å². The average molecular weight is 1350 g/mol. The van der Waals surface area contributed by atoms with Gasteiger partial charge in [0.25, 0.3) is 0 Å². The van der Waals surface area contributed by atoms with E-state index < -0.39 is 150 Å². The summed E-state index contributed by atoms with van der Waals surface area (Å²) < 4.78 is 22.4. The number of hydrogen-bond donors (Lipinski definition) is 7. The van der Waals surface area contributed by atoms with Crippen LogP contribution in [0.15, 0.2) is 59.7 Å². The highest BCUT2D eigenvalue weighted by molar-refractivity contribution is 5.96. The number of methoxy groups -OCH3 is 3. The summed E-state index contributed by atoms with van der Waals surface area (Å²) in [5, 5.41) is 27.8. The molecule has 1 fully saturated rings. The fourth-order valence-corrected chi connectivity index (χ4v) is 12.1. The number of likely N-dealkylation sites (tertiary alicyclic amines) is 1. The van der Waals surface area contributed by atoms with E-state index in [1.807, 2.05) is 32.0 Å². The molecule has 0 spiro atoms. The predicted octanol–water partition coefficient (Wildman–Crippen LogP) is 5.60. The lowest BCUT2D eigenvalue weighted by molar-refractivity contribution is -0.148. The van der Waals surface area contributed by atoms with Crippen LogP contribution in [0.1, 0.15) is 150 Å². The summed E-state index contributed by atoms with van der Waals surface area (Å²) in [6, 6.07) is 8.66. The van der Waals surface area contributed by atoms with Crippen LogP contribution in [0.3, 0.4) is 0 Å². The largest absolute Gasteiger partial charge is 0.469 e. The van der Waals surface area contributed by atoms with Gasteiger partial charge in [-0.05, 0) is 84.9 Å². The number of nitrogens with one attached hydrogen (secondary N) is 5. The number of aliphatic hydroxyl groups is 1. The van der Waals surface area contributed by atoms with Gasteiger partial charge in [-0.15, -0.1) is 0 Å². The summed E-state index contributed by atoms with van der Waals surface area (Å²) in [7, 11) is 7.22. The number of carbonyl (C=O) groups is 11. The summed E-state index contributed by atoms with van der Waals surface area (Å²) in [6.07, 6.45) is -2.11. The van der Waals surface area contributed by atoms with Crippen LogP contribution < -0.4 is 32.3 Å². The smallest absolute Gasteiger partial charge is 0.410 e. The minimum atomic E-state index is -1.23. The van der Waals surface area contributed by atoms with Crippen LogP contribution in [0.2, 0.25) is 0 Å². The molecular formula is C68H106N12O16. The van der Waals surface area contributed by atoms with Crippen molar-refractivity contribution in [3.05, 3.63) is 81.7 Å². The molecule has 0 aliphatic carbocycles. The van der Waals surface area contributed by atoms with Crippen molar-refractivity contribution in [3.63, 3.8) is 0 Å². The molecule has 1 heterocycles. The monoisotopic (exact) mass is 1350 g/mol. The summed E-state index contributed by atoms with van der Waals surface area (Å²) in [6.45, 7) is 17.6. The number of primary amides is 1. The van der Waals surface area contributed by atoms with Gasteiger partial charge in [0.1, 0.15) is 25.2 Å². The molecule has 3 rings (SSSR count). The van der Waals surface area contributed by atoms with E-state index in [0.29, 0.717) is 42.5 Å². The van der Waals surface area contributed by atoms with E-state index in [2.05, 4.69) is 41.3 Å². The number of nitrogens with zero attached hydrogens (tertiary/aromatic N) is 6. The summed E-state index contributed by atoms with van der Waals surface area (Å²) in [5.74, 6) is -7.86.